The van der Waals surface area contributed by atoms with Gasteiger partial charge in [0.1, 0.15) is 35.1 Å². The van der Waals surface area contributed by atoms with Crippen molar-refractivity contribution in [1.29, 1.82) is 0 Å². The van der Waals surface area contributed by atoms with Crippen LogP contribution in [0.2, 0.25) is 0 Å². The van der Waals surface area contributed by atoms with E-state index < -0.39 is 21.7 Å². The Morgan fingerprint density at radius 1 is 0.971 bits per heavy atom. The lowest BCUT2D eigenvalue weighted by molar-refractivity contribution is 0.0608. The monoisotopic (exact) mass is 485 g/mol. The Labute approximate surface area is 199 Å². The number of aromatic hydroxyl groups is 1. The summed E-state index contributed by atoms with van der Waals surface area (Å²) >= 11 is 0. The van der Waals surface area contributed by atoms with Gasteiger partial charge in [-0.2, -0.15) is 4.31 Å². The molecule has 3 aromatic carbocycles. The number of rotatable bonds is 7. The lowest BCUT2D eigenvalue weighted by atomic mass is 10.2. The van der Waals surface area contributed by atoms with Gasteiger partial charge < -0.3 is 19.3 Å². The number of ether oxygens (including phenoxy) is 3. The van der Waals surface area contributed by atoms with Crippen molar-refractivity contribution in [2.75, 3.05) is 11.4 Å². The maximum Gasteiger partial charge on any atom is 0.429 e. The first kappa shape index (κ1) is 24.9. The summed E-state index contributed by atoms with van der Waals surface area (Å²) in [7, 11) is -2.84. The van der Waals surface area contributed by atoms with Crippen LogP contribution in [-0.2, 0) is 21.4 Å². The second kappa shape index (κ2) is 10.0. The largest absolute Gasteiger partial charge is 0.508 e. The maximum atomic E-state index is 13.5. The summed E-state index contributed by atoms with van der Waals surface area (Å²) in [6.07, 6.45) is -1.13. The molecule has 0 bridgehead atoms. The van der Waals surface area contributed by atoms with Gasteiger partial charge >= 0.3 is 6.09 Å². The van der Waals surface area contributed by atoms with Crippen LogP contribution in [0.5, 0.6) is 17.2 Å². The van der Waals surface area contributed by atoms with E-state index in [1.54, 1.807) is 70.3 Å². The molecule has 34 heavy (non-hydrogen) atoms. The lowest BCUT2D eigenvalue weighted by Crippen LogP contribution is -2.41. The molecule has 0 saturated carbocycles. The van der Waals surface area contributed by atoms with Crippen LogP contribution in [0.1, 0.15) is 26.3 Å². The van der Waals surface area contributed by atoms with Gasteiger partial charge in [-0.05, 0) is 62.7 Å². The van der Waals surface area contributed by atoms with E-state index in [4.69, 9.17) is 14.2 Å². The predicted octanol–water partition coefficient (Wildman–Crippen LogP) is 5.11. The van der Waals surface area contributed by atoms with Crippen molar-refractivity contribution < 1.29 is 32.5 Å². The summed E-state index contributed by atoms with van der Waals surface area (Å²) in [5, 5.41) is 10.1. The van der Waals surface area contributed by atoms with Crippen molar-refractivity contribution in [3.05, 3.63) is 78.4 Å². The number of carbonyl (C=O) groups is 1. The fourth-order valence-electron chi connectivity index (χ4n) is 3.00. The van der Waals surface area contributed by atoms with E-state index in [1.165, 1.54) is 24.3 Å². The quantitative estimate of drug-likeness (QED) is 0.496. The van der Waals surface area contributed by atoms with Gasteiger partial charge in [0.15, 0.2) is 0 Å². The first-order chi connectivity index (χ1) is 16.0. The molecule has 0 spiro atoms. The third kappa shape index (κ3) is 5.99. The molecule has 0 heterocycles. The minimum Gasteiger partial charge on any atom is -0.508 e. The zero-order valence-electron chi connectivity index (χ0n) is 19.4. The summed E-state index contributed by atoms with van der Waals surface area (Å²) in [6.45, 7) is 4.96. The van der Waals surface area contributed by atoms with E-state index in [0.29, 0.717) is 10.1 Å². The smallest absolute Gasteiger partial charge is 0.429 e. The molecule has 0 aliphatic rings. The molecular formula is C25H27NO7S. The number of nitrogens with zero attached hydrogens (tertiary/aromatic N) is 1. The maximum absolute atomic E-state index is 13.5. The molecule has 0 aromatic heterocycles. The van der Waals surface area contributed by atoms with Crippen LogP contribution < -0.4 is 13.8 Å². The highest BCUT2D eigenvalue weighted by Crippen LogP contribution is 2.37. The van der Waals surface area contributed by atoms with Crippen LogP contribution in [-0.4, -0.2) is 32.3 Å². The van der Waals surface area contributed by atoms with Crippen molar-refractivity contribution >= 4 is 21.8 Å². The highest BCUT2D eigenvalue weighted by atomic mass is 32.2. The Balaban J connectivity index is 2.05. The number of anilines is 1. The molecule has 0 radical (unpaired) electrons. The number of phenolic OH excluding ortho intramolecular Hbond substituents is 1. The zero-order valence-corrected chi connectivity index (χ0v) is 20.2. The Morgan fingerprint density at radius 2 is 1.62 bits per heavy atom. The van der Waals surface area contributed by atoms with E-state index in [0.717, 1.165) is 11.6 Å². The second-order valence-corrected chi connectivity index (χ2v) is 10.1. The number of sulfonamides is 1. The SMILES string of the molecule is COc1ccc(COc2ccc(O)cc2N(C(=O)OC(C)(C)C)S(=O)(=O)c2ccccc2)cc1. The summed E-state index contributed by atoms with van der Waals surface area (Å²) in [6, 6.07) is 18.5. The first-order valence-corrected chi connectivity index (χ1v) is 11.9. The number of amides is 1. The van der Waals surface area contributed by atoms with Crippen molar-refractivity contribution in [1.82, 2.24) is 0 Å². The standard InChI is InChI=1S/C25H27NO7S/c1-25(2,3)33-24(28)26(34(29,30)21-8-6-5-7-9-21)22-16-19(27)12-15-23(22)32-17-18-10-13-20(31-4)14-11-18/h5-16,27H,17H2,1-4H3. The highest BCUT2D eigenvalue weighted by Gasteiger charge is 2.36. The van der Waals surface area contributed by atoms with Gasteiger partial charge in [0.25, 0.3) is 10.0 Å². The Bertz CT molecular complexity index is 1230. The summed E-state index contributed by atoms with van der Waals surface area (Å²) in [5.74, 6) is 0.502. The number of hydrogen-bond donors (Lipinski definition) is 1. The highest BCUT2D eigenvalue weighted by molar-refractivity contribution is 7.93. The molecule has 1 N–H and O–H groups in total. The zero-order chi connectivity index (χ0) is 24.9. The number of carbonyl (C=O) groups excluding carboxylic acids is 1. The van der Waals surface area contributed by atoms with Crippen LogP contribution in [0.3, 0.4) is 0 Å². The molecule has 1 amide bonds. The van der Waals surface area contributed by atoms with Crippen molar-refractivity contribution in [3.63, 3.8) is 0 Å². The predicted molar refractivity (Wildman–Crippen MR) is 128 cm³/mol. The van der Waals surface area contributed by atoms with Crippen molar-refractivity contribution in [3.8, 4) is 17.2 Å². The molecule has 0 unspecified atom stereocenters. The normalized spacial score (nSPS) is 11.5. The van der Waals surface area contributed by atoms with E-state index in [2.05, 4.69) is 0 Å². The van der Waals surface area contributed by atoms with Gasteiger partial charge in [-0.15, -0.1) is 0 Å². The van der Waals surface area contributed by atoms with Gasteiger partial charge in [0.05, 0.1) is 12.0 Å². The van der Waals surface area contributed by atoms with Crippen LogP contribution >= 0.6 is 0 Å². The number of methoxy groups -OCH3 is 1. The summed E-state index contributed by atoms with van der Waals surface area (Å²) in [4.78, 5) is 13.0. The molecular weight excluding hydrogens is 458 g/mol. The van der Waals surface area contributed by atoms with Crippen LogP contribution in [0.15, 0.2) is 77.7 Å². The van der Waals surface area contributed by atoms with Gasteiger partial charge in [-0.1, -0.05) is 30.3 Å². The van der Waals surface area contributed by atoms with E-state index >= 15 is 0 Å². The van der Waals surface area contributed by atoms with Crippen molar-refractivity contribution in [2.45, 2.75) is 37.9 Å². The molecule has 0 aliphatic carbocycles. The van der Waals surface area contributed by atoms with Gasteiger partial charge in [-0.3, -0.25) is 0 Å². The number of phenols is 1. The topological polar surface area (TPSA) is 102 Å². The van der Waals surface area contributed by atoms with E-state index in [-0.39, 0.29) is 28.7 Å². The van der Waals surface area contributed by atoms with Crippen LogP contribution in [0.25, 0.3) is 0 Å². The van der Waals surface area contributed by atoms with E-state index in [9.17, 15) is 18.3 Å². The van der Waals surface area contributed by atoms with Gasteiger partial charge in [-0.25, -0.2) is 13.2 Å². The molecule has 8 nitrogen and oxygen atoms in total. The van der Waals surface area contributed by atoms with Crippen molar-refractivity contribution in [2.24, 2.45) is 0 Å². The van der Waals surface area contributed by atoms with Gasteiger partial charge in [0, 0.05) is 6.07 Å². The molecule has 0 saturated heterocycles. The first-order valence-electron chi connectivity index (χ1n) is 10.4. The van der Waals surface area contributed by atoms with E-state index in [1.807, 2.05) is 0 Å². The Kier molecular flexibility index (Phi) is 7.36. The second-order valence-electron chi connectivity index (χ2n) is 8.35. The number of benzene rings is 3. The lowest BCUT2D eigenvalue weighted by Gasteiger charge is -2.28. The molecule has 180 valence electrons. The summed E-state index contributed by atoms with van der Waals surface area (Å²) in [5.41, 5.74) is -0.358. The molecule has 3 rings (SSSR count). The molecule has 9 heteroatoms. The number of hydrogen-bond acceptors (Lipinski definition) is 7. The Morgan fingerprint density at radius 3 is 2.21 bits per heavy atom. The van der Waals surface area contributed by atoms with Crippen LogP contribution in [0, 0.1) is 0 Å². The average molecular weight is 486 g/mol. The third-order valence-electron chi connectivity index (χ3n) is 4.56. The molecule has 0 aliphatic heterocycles. The van der Waals surface area contributed by atoms with Gasteiger partial charge in [0.2, 0.25) is 0 Å². The summed E-state index contributed by atoms with van der Waals surface area (Å²) < 4.78 is 44.0. The Hall–Kier alpha value is -3.72. The fraction of sp³-hybridized carbons (Fsp3) is 0.240. The molecule has 0 fully saturated rings. The molecule has 0 atom stereocenters. The minimum atomic E-state index is -4.41. The third-order valence-corrected chi connectivity index (χ3v) is 6.25. The molecule has 3 aromatic rings. The average Bonchev–Trinajstić information content (AvgIpc) is 2.78. The van der Waals surface area contributed by atoms with Crippen LogP contribution in [0.4, 0.5) is 10.5 Å². The fourth-order valence-corrected chi connectivity index (χ4v) is 4.34. The minimum absolute atomic E-state index is 0.0685.